The second-order valence-electron chi connectivity index (χ2n) is 4.38. The van der Waals surface area contributed by atoms with Crippen LogP contribution in [-0.4, -0.2) is 20.0 Å². The first-order valence-corrected chi connectivity index (χ1v) is 8.30. The Labute approximate surface area is 86.7 Å². The quantitative estimate of drug-likeness (QED) is 0.774. The van der Waals surface area contributed by atoms with Crippen molar-refractivity contribution in [2.75, 3.05) is 6.61 Å². The van der Waals surface area contributed by atoms with Crippen molar-refractivity contribution in [2.45, 2.75) is 26.1 Å². The Balaban J connectivity index is 2.39. The molecule has 3 heteroatoms. The van der Waals surface area contributed by atoms with Crippen molar-refractivity contribution in [2.24, 2.45) is 0 Å². The molecule has 0 unspecified atom stereocenters. The Morgan fingerprint density at radius 2 is 2.00 bits per heavy atom. The summed E-state index contributed by atoms with van der Waals surface area (Å²) in [7, 11) is -1.39. The van der Waals surface area contributed by atoms with Gasteiger partial charge in [-0.25, -0.2) is 0 Å². The van der Waals surface area contributed by atoms with E-state index in [1.54, 1.807) is 12.1 Å². The zero-order valence-electron chi connectivity index (χ0n) is 9.08. The summed E-state index contributed by atoms with van der Waals surface area (Å²) < 4.78 is 5.73. The molecule has 0 aliphatic carbocycles. The van der Waals surface area contributed by atoms with E-state index in [2.05, 4.69) is 19.6 Å². The van der Waals surface area contributed by atoms with E-state index in [4.69, 9.17) is 4.43 Å². The summed E-state index contributed by atoms with van der Waals surface area (Å²) in [5.74, 6) is 0.329. The van der Waals surface area contributed by atoms with Gasteiger partial charge >= 0.3 is 0 Å². The number of hydrogen-bond acceptors (Lipinski definition) is 2. The van der Waals surface area contributed by atoms with Crippen LogP contribution in [0.15, 0.2) is 24.3 Å². The molecule has 14 heavy (non-hydrogen) atoms. The molecular formula is C11H18O2Si. The summed E-state index contributed by atoms with van der Waals surface area (Å²) in [6.45, 7) is 7.28. The molecule has 0 heterocycles. The van der Waals surface area contributed by atoms with Crippen LogP contribution in [0.25, 0.3) is 0 Å². The van der Waals surface area contributed by atoms with Crippen molar-refractivity contribution in [1.29, 1.82) is 0 Å². The van der Waals surface area contributed by atoms with E-state index >= 15 is 0 Å². The summed E-state index contributed by atoms with van der Waals surface area (Å²) >= 11 is 0. The van der Waals surface area contributed by atoms with Crippen molar-refractivity contribution in [3.63, 3.8) is 0 Å². The van der Waals surface area contributed by atoms with Crippen LogP contribution in [0.5, 0.6) is 5.75 Å². The van der Waals surface area contributed by atoms with Gasteiger partial charge in [-0.15, -0.1) is 0 Å². The number of phenolic OH excluding ortho intramolecular Hbond substituents is 1. The van der Waals surface area contributed by atoms with Gasteiger partial charge in [0, 0.05) is 6.61 Å². The average Bonchev–Trinajstić information content (AvgIpc) is 2.01. The third-order valence-corrected chi connectivity index (χ3v) is 2.91. The molecule has 1 aromatic carbocycles. The number of hydrogen-bond donors (Lipinski definition) is 1. The number of phenols is 1. The normalized spacial score (nSPS) is 11.6. The fourth-order valence-corrected chi connectivity index (χ4v) is 1.90. The predicted molar refractivity (Wildman–Crippen MR) is 61.1 cm³/mol. The minimum atomic E-state index is -1.39. The fraction of sp³-hybridized carbons (Fsp3) is 0.455. The van der Waals surface area contributed by atoms with Crippen LogP contribution in [0.2, 0.25) is 19.6 Å². The largest absolute Gasteiger partial charge is 0.508 e. The summed E-state index contributed by atoms with van der Waals surface area (Å²) in [5, 5.41) is 9.24. The first kappa shape index (κ1) is 11.3. The highest BCUT2D eigenvalue weighted by Gasteiger charge is 2.13. The molecule has 0 aromatic heterocycles. The van der Waals surface area contributed by atoms with Crippen molar-refractivity contribution < 1.29 is 9.53 Å². The molecule has 0 spiro atoms. The van der Waals surface area contributed by atoms with Crippen molar-refractivity contribution in [1.82, 2.24) is 0 Å². The molecule has 78 valence electrons. The third-order valence-electron chi connectivity index (χ3n) is 1.84. The molecule has 0 bridgehead atoms. The van der Waals surface area contributed by atoms with Crippen LogP contribution in [-0.2, 0) is 10.8 Å². The minimum Gasteiger partial charge on any atom is -0.508 e. The second kappa shape index (κ2) is 4.62. The van der Waals surface area contributed by atoms with Crippen LogP contribution in [0, 0.1) is 0 Å². The van der Waals surface area contributed by atoms with Gasteiger partial charge in [0.1, 0.15) is 5.75 Å². The van der Waals surface area contributed by atoms with E-state index in [0.29, 0.717) is 5.75 Å². The molecule has 2 nitrogen and oxygen atoms in total. The molecule has 1 aromatic rings. The topological polar surface area (TPSA) is 29.5 Å². The standard InChI is InChI=1S/C11H18O2Si/c1-14(2,3)13-8-7-10-5-4-6-11(12)9-10/h4-6,9,12H,7-8H2,1-3H3. The van der Waals surface area contributed by atoms with Gasteiger partial charge in [0.25, 0.3) is 0 Å². The Kier molecular flexibility index (Phi) is 3.72. The minimum absolute atomic E-state index is 0.329. The van der Waals surface area contributed by atoms with E-state index in [1.165, 1.54) is 0 Å². The molecule has 0 radical (unpaired) electrons. The van der Waals surface area contributed by atoms with Gasteiger partial charge in [0.05, 0.1) is 0 Å². The van der Waals surface area contributed by atoms with Crippen LogP contribution in [0.3, 0.4) is 0 Å². The van der Waals surface area contributed by atoms with Crippen LogP contribution in [0.1, 0.15) is 5.56 Å². The maximum Gasteiger partial charge on any atom is 0.183 e. The Bertz CT molecular complexity index is 292. The SMILES string of the molecule is C[Si](C)(C)OCCc1cccc(O)c1. The van der Waals surface area contributed by atoms with E-state index in [1.807, 2.05) is 12.1 Å². The maximum atomic E-state index is 9.24. The lowest BCUT2D eigenvalue weighted by Crippen LogP contribution is -2.26. The highest BCUT2D eigenvalue weighted by atomic mass is 28.4. The molecule has 1 rings (SSSR count). The summed E-state index contributed by atoms with van der Waals surface area (Å²) in [6, 6.07) is 7.34. The Morgan fingerprint density at radius 1 is 1.29 bits per heavy atom. The third kappa shape index (κ3) is 4.44. The first-order chi connectivity index (χ1) is 6.47. The summed E-state index contributed by atoms with van der Waals surface area (Å²) in [4.78, 5) is 0. The molecule has 0 amide bonds. The first-order valence-electron chi connectivity index (χ1n) is 4.89. The van der Waals surface area contributed by atoms with Crippen LogP contribution >= 0.6 is 0 Å². The van der Waals surface area contributed by atoms with Gasteiger partial charge in [-0.1, -0.05) is 12.1 Å². The smallest absolute Gasteiger partial charge is 0.183 e. The molecular weight excluding hydrogens is 192 g/mol. The molecule has 0 atom stereocenters. The van der Waals surface area contributed by atoms with Gasteiger partial charge in [-0.05, 0) is 43.8 Å². The molecule has 1 N–H and O–H groups in total. The summed E-state index contributed by atoms with van der Waals surface area (Å²) in [5.41, 5.74) is 1.13. The lowest BCUT2D eigenvalue weighted by molar-refractivity contribution is 0.315. The Hall–Kier alpha value is -0.803. The van der Waals surface area contributed by atoms with E-state index < -0.39 is 8.32 Å². The summed E-state index contributed by atoms with van der Waals surface area (Å²) in [6.07, 6.45) is 0.874. The van der Waals surface area contributed by atoms with Crippen molar-refractivity contribution in [3.8, 4) is 5.75 Å². The Morgan fingerprint density at radius 3 is 2.57 bits per heavy atom. The van der Waals surface area contributed by atoms with Crippen molar-refractivity contribution in [3.05, 3.63) is 29.8 Å². The zero-order chi connectivity index (χ0) is 10.6. The average molecular weight is 210 g/mol. The van der Waals surface area contributed by atoms with Crippen molar-refractivity contribution >= 4 is 8.32 Å². The fourth-order valence-electron chi connectivity index (χ4n) is 1.19. The highest BCUT2D eigenvalue weighted by Crippen LogP contribution is 2.12. The number of benzene rings is 1. The zero-order valence-corrected chi connectivity index (χ0v) is 10.1. The van der Waals surface area contributed by atoms with E-state index in [0.717, 1.165) is 18.6 Å². The second-order valence-corrected chi connectivity index (χ2v) is 8.89. The predicted octanol–water partition coefficient (Wildman–Crippen LogP) is 2.79. The molecule has 0 aliphatic heterocycles. The van der Waals surface area contributed by atoms with E-state index in [9.17, 15) is 5.11 Å². The van der Waals surface area contributed by atoms with Gasteiger partial charge in [0.2, 0.25) is 0 Å². The van der Waals surface area contributed by atoms with Gasteiger partial charge in [-0.2, -0.15) is 0 Å². The van der Waals surface area contributed by atoms with Gasteiger partial charge < -0.3 is 9.53 Å². The lowest BCUT2D eigenvalue weighted by atomic mass is 10.1. The number of aromatic hydroxyl groups is 1. The molecule has 0 fully saturated rings. The van der Waals surface area contributed by atoms with Gasteiger partial charge in [0.15, 0.2) is 8.32 Å². The lowest BCUT2D eigenvalue weighted by Gasteiger charge is -2.16. The monoisotopic (exact) mass is 210 g/mol. The number of rotatable bonds is 4. The maximum absolute atomic E-state index is 9.24. The molecule has 0 aliphatic rings. The molecule has 0 saturated carbocycles. The highest BCUT2D eigenvalue weighted by molar-refractivity contribution is 6.69. The van der Waals surface area contributed by atoms with Gasteiger partial charge in [-0.3, -0.25) is 0 Å². The van der Waals surface area contributed by atoms with Crippen LogP contribution < -0.4 is 0 Å². The molecule has 0 saturated heterocycles. The van der Waals surface area contributed by atoms with E-state index in [-0.39, 0.29) is 0 Å². The van der Waals surface area contributed by atoms with Crippen LogP contribution in [0.4, 0.5) is 0 Å².